The number of hydrogen-bond donors (Lipinski definition) is 1. The van der Waals surface area contributed by atoms with E-state index in [1.807, 2.05) is 0 Å². The minimum Gasteiger partial charge on any atom is -0.493 e. The number of aliphatic carboxylic acids is 1. The molecule has 39 heavy (non-hydrogen) atoms. The summed E-state index contributed by atoms with van der Waals surface area (Å²) in [6.07, 6.45) is 3.83. The maximum absolute atomic E-state index is 12.4. The summed E-state index contributed by atoms with van der Waals surface area (Å²) in [5, 5.41) is 10.2. The molecule has 2 aromatic rings. The van der Waals surface area contributed by atoms with Crippen molar-refractivity contribution in [2.75, 3.05) is 55.1 Å². The normalized spacial score (nSPS) is 27.0. The molecule has 0 bridgehead atoms. The van der Waals surface area contributed by atoms with Gasteiger partial charge in [0, 0.05) is 25.0 Å². The number of hydrogen-bond acceptors (Lipinski definition) is 7. The average Bonchev–Trinajstić information content (AvgIpc) is 2.97. The van der Waals surface area contributed by atoms with E-state index in [0.29, 0.717) is 24.3 Å². The summed E-state index contributed by atoms with van der Waals surface area (Å²) in [5.74, 6) is 1.85. The summed E-state index contributed by atoms with van der Waals surface area (Å²) < 4.78 is 22.9. The average molecular weight is 539 g/mol. The molecule has 4 atom stereocenters. The number of carbonyl (C=O) groups is 1. The highest BCUT2D eigenvalue weighted by Crippen LogP contribution is 2.58. The third kappa shape index (κ3) is 4.42. The van der Waals surface area contributed by atoms with Crippen LogP contribution in [-0.4, -0.2) is 76.0 Å². The highest BCUT2D eigenvalue weighted by atomic mass is 16.5. The quantitative estimate of drug-likeness (QED) is 0.551. The predicted octanol–water partition coefficient (Wildman–Crippen LogP) is 4.52. The summed E-state index contributed by atoms with van der Waals surface area (Å²) in [7, 11) is 8.91. The topological polar surface area (TPSA) is 80.7 Å². The first kappa shape index (κ1) is 27.6. The maximum atomic E-state index is 12.4. The molecule has 0 amide bonds. The van der Waals surface area contributed by atoms with Gasteiger partial charge in [-0.2, -0.15) is 0 Å². The zero-order valence-electron chi connectivity index (χ0n) is 24.1. The zero-order chi connectivity index (χ0) is 27.9. The summed E-state index contributed by atoms with van der Waals surface area (Å²) in [5.41, 5.74) is 4.62. The molecular formula is C31H42N2O6. The third-order valence-corrected chi connectivity index (χ3v) is 9.66. The van der Waals surface area contributed by atoms with Gasteiger partial charge in [-0.15, -0.1) is 0 Å². The van der Waals surface area contributed by atoms with Gasteiger partial charge in [0.15, 0.2) is 23.0 Å². The predicted molar refractivity (Wildman–Crippen MR) is 149 cm³/mol. The van der Waals surface area contributed by atoms with Gasteiger partial charge in [0.1, 0.15) is 0 Å². The van der Waals surface area contributed by atoms with Crippen LogP contribution in [0.25, 0.3) is 0 Å². The SMILES string of the molecule is CCN1CCc2cc(OC)c(OC)cc2C1C1CC(C(=O)O)CCC12c1cc(OC)c(OC)cc1CCN2C. The van der Waals surface area contributed by atoms with Crippen LogP contribution < -0.4 is 18.9 Å². The Balaban J connectivity index is 1.75. The fourth-order valence-corrected chi connectivity index (χ4v) is 7.70. The van der Waals surface area contributed by atoms with Crippen molar-refractivity contribution in [2.24, 2.45) is 11.8 Å². The first-order valence-corrected chi connectivity index (χ1v) is 14.0. The van der Waals surface area contributed by atoms with E-state index in [1.54, 1.807) is 28.4 Å². The Kier molecular flexibility index (Phi) is 7.71. The van der Waals surface area contributed by atoms with Crippen molar-refractivity contribution in [1.82, 2.24) is 9.80 Å². The number of fused-ring (bicyclic) bond motifs is 3. The van der Waals surface area contributed by atoms with E-state index in [4.69, 9.17) is 18.9 Å². The highest BCUT2D eigenvalue weighted by Gasteiger charge is 2.55. The van der Waals surface area contributed by atoms with Gasteiger partial charge >= 0.3 is 5.97 Å². The van der Waals surface area contributed by atoms with Gasteiger partial charge < -0.3 is 24.1 Å². The Bertz CT molecular complexity index is 1230. The lowest BCUT2D eigenvalue weighted by Crippen LogP contribution is -2.59. The maximum Gasteiger partial charge on any atom is 0.306 e. The van der Waals surface area contributed by atoms with Crippen molar-refractivity contribution in [1.29, 1.82) is 0 Å². The first-order chi connectivity index (χ1) is 18.8. The second-order valence-electron chi connectivity index (χ2n) is 11.1. The van der Waals surface area contributed by atoms with Crippen LogP contribution in [0.3, 0.4) is 0 Å². The molecular weight excluding hydrogens is 496 g/mol. The number of likely N-dealkylation sites (N-methyl/N-ethyl adjacent to an activating group) is 2. The van der Waals surface area contributed by atoms with Crippen LogP contribution in [0.15, 0.2) is 24.3 Å². The molecule has 1 aliphatic carbocycles. The molecule has 1 fully saturated rings. The Morgan fingerprint density at radius 3 is 2.13 bits per heavy atom. The third-order valence-electron chi connectivity index (χ3n) is 9.66. The van der Waals surface area contributed by atoms with Crippen LogP contribution in [0.2, 0.25) is 0 Å². The monoisotopic (exact) mass is 538 g/mol. The second kappa shape index (κ2) is 10.9. The molecule has 2 aromatic carbocycles. The van der Waals surface area contributed by atoms with Gasteiger partial charge in [-0.25, -0.2) is 0 Å². The number of nitrogens with zero attached hydrogens (tertiary/aromatic N) is 2. The van der Waals surface area contributed by atoms with Gasteiger partial charge in [-0.1, -0.05) is 6.92 Å². The molecule has 212 valence electrons. The molecule has 2 heterocycles. The molecule has 0 aromatic heterocycles. The number of ether oxygens (including phenoxy) is 4. The molecule has 5 rings (SSSR count). The van der Waals surface area contributed by atoms with Gasteiger partial charge in [0.2, 0.25) is 0 Å². The van der Waals surface area contributed by atoms with Crippen molar-refractivity contribution in [3.8, 4) is 23.0 Å². The Morgan fingerprint density at radius 1 is 0.923 bits per heavy atom. The number of carboxylic acids is 1. The van der Waals surface area contributed by atoms with Crippen LogP contribution >= 0.6 is 0 Å². The zero-order valence-corrected chi connectivity index (χ0v) is 24.1. The lowest BCUT2D eigenvalue weighted by molar-refractivity contribution is -0.147. The van der Waals surface area contributed by atoms with E-state index in [9.17, 15) is 9.90 Å². The van der Waals surface area contributed by atoms with E-state index in [2.05, 4.69) is 48.0 Å². The summed E-state index contributed by atoms with van der Waals surface area (Å²) in [4.78, 5) is 17.5. The minimum absolute atomic E-state index is 0.0298. The van der Waals surface area contributed by atoms with Gasteiger partial charge in [-0.05, 0) is 92.2 Å². The molecule has 1 spiro atoms. The van der Waals surface area contributed by atoms with Gasteiger partial charge in [0.25, 0.3) is 0 Å². The number of benzene rings is 2. The van der Waals surface area contributed by atoms with Crippen molar-refractivity contribution in [3.05, 3.63) is 46.5 Å². The Hall–Kier alpha value is -2.97. The number of carboxylic acid groups (broad SMARTS) is 1. The van der Waals surface area contributed by atoms with Crippen molar-refractivity contribution < 1.29 is 28.8 Å². The van der Waals surface area contributed by atoms with Gasteiger partial charge in [-0.3, -0.25) is 14.6 Å². The molecule has 8 heteroatoms. The summed E-state index contributed by atoms with van der Waals surface area (Å²) in [6.45, 7) is 4.89. The number of methoxy groups -OCH3 is 4. The molecule has 1 N–H and O–H groups in total. The molecule has 1 saturated carbocycles. The Morgan fingerprint density at radius 2 is 1.51 bits per heavy atom. The largest absolute Gasteiger partial charge is 0.493 e. The lowest BCUT2D eigenvalue weighted by Gasteiger charge is -2.58. The smallest absolute Gasteiger partial charge is 0.306 e. The van der Waals surface area contributed by atoms with Crippen LogP contribution in [0, 0.1) is 11.8 Å². The lowest BCUT2D eigenvalue weighted by atomic mass is 9.58. The van der Waals surface area contributed by atoms with Crippen molar-refractivity contribution >= 4 is 5.97 Å². The van der Waals surface area contributed by atoms with Gasteiger partial charge in [0.05, 0.1) is 39.9 Å². The second-order valence-corrected chi connectivity index (χ2v) is 11.1. The van der Waals surface area contributed by atoms with Crippen molar-refractivity contribution in [2.45, 2.75) is 50.6 Å². The minimum atomic E-state index is -0.702. The van der Waals surface area contributed by atoms with E-state index in [-0.39, 0.29) is 23.4 Å². The van der Waals surface area contributed by atoms with Crippen LogP contribution in [-0.2, 0) is 23.2 Å². The molecule has 2 aliphatic heterocycles. The standard InChI is InChI=1S/C31H42N2O6/c1-7-33-13-10-19-15-25(36-3)27(38-5)17-22(19)29(33)24-14-21(30(34)35)8-11-31(24)23-18-28(39-6)26(37-4)16-20(23)9-12-32(31)2/h15-18,21,24,29H,7-14H2,1-6H3,(H,34,35). The van der Waals surface area contributed by atoms with Crippen LogP contribution in [0.1, 0.15) is 54.5 Å². The fraction of sp³-hybridized carbons (Fsp3) is 0.581. The van der Waals surface area contributed by atoms with E-state index in [0.717, 1.165) is 50.4 Å². The fourth-order valence-electron chi connectivity index (χ4n) is 7.70. The molecule has 8 nitrogen and oxygen atoms in total. The first-order valence-electron chi connectivity index (χ1n) is 14.0. The highest BCUT2D eigenvalue weighted by molar-refractivity contribution is 5.70. The van der Waals surface area contributed by atoms with E-state index >= 15 is 0 Å². The molecule has 0 radical (unpaired) electrons. The molecule has 4 unspecified atom stereocenters. The summed E-state index contributed by atoms with van der Waals surface area (Å²) >= 11 is 0. The number of rotatable bonds is 7. The van der Waals surface area contributed by atoms with Crippen LogP contribution in [0.5, 0.6) is 23.0 Å². The molecule has 0 saturated heterocycles. The van der Waals surface area contributed by atoms with Crippen LogP contribution in [0.4, 0.5) is 0 Å². The molecule has 3 aliphatic rings. The summed E-state index contributed by atoms with van der Waals surface area (Å²) in [6, 6.07) is 8.57. The Labute approximate surface area is 231 Å². The van der Waals surface area contributed by atoms with Crippen molar-refractivity contribution in [3.63, 3.8) is 0 Å². The van der Waals surface area contributed by atoms with E-state index in [1.165, 1.54) is 22.3 Å². The van der Waals surface area contributed by atoms with E-state index < -0.39 is 5.97 Å².